The second-order valence-electron chi connectivity index (χ2n) is 2.72. The van der Waals surface area contributed by atoms with Crippen LogP contribution in [0, 0.1) is 0 Å². The van der Waals surface area contributed by atoms with Crippen LogP contribution in [0.25, 0.3) is 0 Å². The summed E-state index contributed by atoms with van der Waals surface area (Å²) >= 11 is 5.65. The zero-order valence-electron chi connectivity index (χ0n) is 6.84. The van der Waals surface area contributed by atoms with Gasteiger partial charge < -0.3 is 0 Å². The molecule has 0 saturated carbocycles. The Morgan fingerprint density at radius 2 is 2.27 bits per heavy atom. The number of hydrogen-bond donors (Lipinski definition) is 0. The third-order valence-corrected chi connectivity index (χ3v) is 2.16. The molecule has 0 unspecified atom stereocenters. The van der Waals surface area contributed by atoms with Gasteiger partial charge in [-0.2, -0.15) is 0 Å². The van der Waals surface area contributed by atoms with E-state index in [2.05, 4.69) is 18.8 Å². The lowest BCUT2D eigenvalue weighted by molar-refractivity contribution is 0.729. The number of nitrogens with zero attached hydrogens (tertiary/aromatic N) is 1. The van der Waals surface area contributed by atoms with Gasteiger partial charge in [0.15, 0.2) is 0 Å². The second kappa shape index (κ2) is 3.72. The Morgan fingerprint density at radius 3 is 2.73 bits per heavy atom. The van der Waals surface area contributed by atoms with Crippen molar-refractivity contribution in [1.82, 2.24) is 4.98 Å². The highest BCUT2D eigenvalue weighted by molar-refractivity contribution is 6.29. The van der Waals surface area contributed by atoms with Crippen LogP contribution in [-0.2, 0) is 0 Å². The van der Waals surface area contributed by atoms with Crippen LogP contribution in [-0.4, -0.2) is 4.98 Å². The fourth-order valence-corrected chi connectivity index (χ4v) is 1.03. The first-order valence-electron chi connectivity index (χ1n) is 3.85. The molecule has 0 N–H and O–H groups in total. The van der Waals surface area contributed by atoms with Crippen molar-refractivity contribution in [2.75, 3.05) is 0 Å². The molecule has 0 bridgehead atoms. The molecule has 1 heterocycles. The highest BCUT2D eigenvalue weighted by Crippen LogP contribution is 2.18. The number of rotatable bonds is 2. The second-order valence-corrected chi connectivity index (χ2v) is 3.11. The fraction of sp³-hybridized carbons (Fsp3) is 0.444. The van der Waals surface area contributed by atoms with Crippen LogP contribution >= 0.6 is 11.6 Å². The van der Waals surface area contributed by atoms with Crippen LogP contribution in [0.4, 0.5) is 0 Å². The van der Waals surface area contributed by atoms with Gasteiger partial charge >= 0.3 is 0 Å². The largest absolute Gasteiger partial charge is 0.244 e. The van der Waals surface area contributed by atoms with Gasteiger partial charge in [0.2, 0.25) is 0 Å². The fourth-order valence-electron chi connectivity index (χ4n) is 0.914. The van der Waals surface area contributed by atoms with Crippen LogP contribution in [0.2, 0.25) is 5.15 Å². The van der Waals surface area contributed by atoms with E-state index in [0.717, 1.165) is 6.42 Å². The zero-order valence-corrected chi connectivity index (χ0v) is 7.60. The first-order chi connectivity index (χ1) is 5.24. The van der Waals surface area contributed by atoms with E-state index in [1.165, 1.54) is 5.56 Å². The molecule has 1 aromatic rings. The van der Waals surface area contributed by atoms with Crippen molar-refractivity contribution in [2.24, 2.45) is 0 Å². The maximum absolute atomic E-state index is 5.65. The molecule has 1 aromatic heterocycles. The summed E-state index contributed by atoms with van der Waals surface area (Å²) in [6.45, 7) is 4.35. The van der Waals surface area contributed by atoms with Gasteiger partial charge in [-0.3, -0.25) is 0 Å². The van der Waals surface area contributed by atoms with Crippen LogP contribution in [0.15, 0.2) is 18.3 Å². The summed E-state index contributed by atoms with van der Waals surface area (Å²) in [5, 5.41) is 0.567. The van der Waals surface area contributed by atoms with Crippen molar-refractivity contribution >= 4 is 11.6 Å². The van der Waals surface area contributed by atoms with E-state index in [1.807, 2.05) is 18.3 Å². The van der Waals surface area contributed by atoms with Crippen molar-refractivity contribution < 1.29 is 0 Å². The molecule has 60 valence electrons. The summed E-state index contributed by atoms with van der Waals surface area (Å²) in [6.07, 6.45) is 2.99. The van der Waals surface area contributed by atoms with Gasteiger partial charge in [0.25, 0.3) is 0 Å². The number of hydrogen-bond acceptors (Lipinski definition) is 1. The molecule has 0 radical (unpaired) electrons. The van der Waals surface area contributed by atoms with E-state index in [0.29, 0.717) is 11.1 Å². The quantitative estimate of drug-likeness (QED) is 0.620. The van der Waals surface area contributed by atoms with Crippen LogP contribution < -0.4 is 0 Å². The Balaban J connectivity index is 2.81. The molecule has 0 aliphatic rings. The molecule has 0 saturated heterocycles. The van der Waals surface area contributed by atoms with Gasteiger partial charge in [0, 0.05) is 6.20 Å². The van der Waals surface area contributed by atoms with E-state index in [9.17, 15) is 0 Å². The molecule has 0 aliphatic carbocycles. The van der Waals surface area contributed by atoms with E-state index >= 15 is 0 Å². The lowest BCUT2D eigenvalue weighted by Crippen LogP contribution is -1.91. The number of pyridine rings is 1. The molecule has 0 fully saturated rings. The molecule has 1 atom stereocenters. The van der Waals surface area contributed by atoms with Crippen molar-refractivity contribution in [3.63, 3.8) is 0 Å². The smallest absolute Gasteiger partial charge is 0.129 e. The minimum atomic E-state index is 0.567. The van der Waals surface area contributed by atoms with E-state index < -0.39 is 0 Å². The molecule has 0 aliphatic heterocycles. The van der Waals surface area contributed by atoms with Gasteiger partial charge in [-0.1, -0.05) is 31.5 Å². The number of halogens is 1. The molecule has 11 heavy (non-hydrogen) atoms. The third kappa shape index (κ3) is 2.19. The summed E-state index contributed by atoms with van der Waals surface area (Å²) in [5.74, 6) is 0.583. The van der Waals surface area contributed by atoms with Gasteiger partial charge in [0.05, 0.1) is 0 Å². The molecule has 1 rings (SSSR count). The van der Waals surface area contributed by atoms with Gasteiger partial charge in [-0.15, -0.1) is 0 Å². The molecule has 0 aromatic carbocycles. The van der Waals surface area contributed by atoms with Gasteiger partial charge in [-0.05, 0) is 24.0 Å². The Hall–Kier alpha value is -0.560. The summed E-state index contributed by atoms with van der Waals surface area (Å²) < 4.78 is 0. The zero-order chi connectivity index (χ0) is 8.27. The topological polar surface area (TPSA) is 12.9 Å². The van der Waals surface area contributed by atoms with E-state index in [-0.39, 0.29) is 0 Å². The Labute approximate surface area is 72.4 Å². The first-order valence-corrected chi connectivity index (χ1v) is 4.23. The highest BCUT2D eigenvalue weighted by atomic mass is 35.5. The molecule has 0 amide bonds. The van der Waals surface area contributed by atoms with Crippen molar-refractivity contribution in [3.8, 4) is 0 Å². The average Bonchev–Trinajstić information content (AvgIpc) is 2.05. The van der Waals surface area contributed by atoms with Crippen molar-refractivity contribution in [3.05, 3.63) is 29.0 Å². The summed E-state index contributed by atoms with van der Waals surface area (Å²) in [5.41, 5.74) is 1.26. The summed E-state index contributed by atoms with van der Waals surface area (Å²) in [7, 11) is 0. The normalized spacial score (nSPS) is 13.0. The van der Waals surface area contributed by atoms with Crippen LogP contribution in [0.3, 0.4) is 0 Å². The standard InChI is InChI=1S/C9H12ClN/c1-3-7(2)8-4-5-9(10)11-6-8/h4-7H,3H2,1-2H3/t7-/m0/s1. The molecule has 1 nitrogen and oxygen atoms in total. The van der Waals surface area contributed by atoms with E-state index in [1.54, 1.807) is 0 Å². The van der Waals surface area contributed by atoms with Crippen molar-refractivity contribution in [1.29, 1.82) is 0 Å². The summed E-state index contributed by atoms with van der Waals surface area (Å²) in [6, 6.07) is 3.87. The molecular formula is C9H12ClN. The monoisotopic (exact) mass is 169 g/mol. The van der Waals surface area contributed by atoms with Crippen LogP contribution in [0.5, 0.6) is 0 Å². The third-order valence-electron chi connectivity index (χ3n) is 1.93. The van der Waals surface area contributed by atoms with Crippen molar-refractivity contribution in [2.45, 2.75) is 26.2 Å². The maximum Gasteiger partial charge on any atom is 0.129 e. The number of aromatic nitrogens is 1. The average molecular weight is 170 g/mol. The molecular weight excluding hydrogens is 158 g/mol. The SMILES string of the molecule is CC[C@H](C)c1ccc(Cl)nc1. The molecule has 2 heteroatoms. The van der Waals surface area contributed by atoms with E-state index in [4.69, 9.17) is 11.6 Å². The minimum Gasteiger partial charge on any atom is -0.244 e. The Kier molecular flexibility index (Phi) is 2.89. The highest BCUT2D eigenvalue weighted by Gasteiger charge is 2.01. The maximum atomic E-state index is 5.65. The lowest BCUT2D eigenvalue weighted by atomic mass is 10.0. The lowest BCUT2D eigenvalue weighted by Gasteiger charge is -2.06. The predicted octanol–water partition coefficient (Wildman–Crippen LogP) is 3.25. The first kappa shape index (κ1) is 8.54. The Morgan fingerprint density at radius 1 is 1.55 bits per heavy atom. The molecule has 0 spiro atoms. The summed E-state index contributed by atoms with van der Waals surface area (Å²) in [4.78, 5) is 4.01. The van der Waals surface area contributed by atoms with Gasteiger partial charge in [-0.25, -0.2) is 4.98 Å². The predicted molar refractivity (Wildman–Crippen MR) is 48.0 cm³/mol. The van der Waals surface area contributed by atoms with Gasteiger partial charge in [0.1, 0.15) is 5.15 Å². The Bertz CT molecular complexity index is 218. The minimum absolute atomic E-state index is 0.567. The van der Waals surface area contributed by atoms with Crippen LogP contribution in [0.1, 0.15) is 31.7 Å².